The van der Waals surface area contributed by atoms with E-state index in [0.717, 1.165) is 15.7 Å². The number of halogens is 1. The summed E-state index contributed by atoms with van der Waals surface area (Å²) in [7, 11) is 0. The number of fused-ring (bicyclic) bond motifs is 1. The number of benzene rings is 2. The maximum absolute atomic E-state index is 11.4. The molecule has 180 valence electrons. The Kier molecular flexibility index (Phi) is 6.12. The van der Waals surface area contributed by atoms with E-state index in [9.17, 15) is 10.1 Å². The van der Waals surface area contributed by atoms with Gasteiger partial charge in [0.1, 0.15) is 11.5 Å². The lowest BCUT2D eigenvalue weighted by atomic mass is 10.0. The minimum absolute atomic E-state index is 0.0420. The summed E-state index contributed by atoms with van der Waals surface area (Å²) >= 11 is 3.41. The highest BCUT2D eigenvalue weighted by atomic mass is 79.9. The number of anilines is 3. The molecule has 12 nitrogen and oxygen atoms in total. The lowest BCUT2D eigenvalue weighted by Crippen LogP contribution is -2.03. The molecule has 0 radical (unpaired) electrons. The molecule has 0 saturated carbocycles. The first-order chi connectivity index (χ1) is 17.4. The minimum Gasteiger partial charge on any atom is -0.455 e. The fourth-order valence-electron chi connectivity index (χ4n) is 3.48. The van der Waals surface area contributed by atoms with Crippen LogP contribution in [0.25, 0.3) is 22.6 Å². The Labute approximate surface area is 211 Å². The van der Waals surface area contributed by atoms with Crippen molar-refractivity contribution in [2.24, 2.45) is 5.10 Å². The van der Waals surface area contributed by atoms with E-state index in [4.69, 9.17) is 9.05 Å². The quantitative estimate of drug-likeness (QED) is 0.145. The average molecular weight is 549 g/mol. The van der Waals surface area contributed by atoms with Crippen molar-refractivity contribution >= 4 is 56.4 Å². The monoisotopic (exact) mass is 548 g/mol. The van der Waals surface area contributed by atoms with Crippen LogP contribution < -0.4 is 10.7 Å². The summed E-state index contributed by atoms with van der Waals surface area (Å²) in [5.41, 5.74) is 6.03. The molecule has 2 aromatic carbocycles. The van der Waals surface area contributed by atoms with Crippen LogP contribution in [0.1, 0.15) is 16.9 Å². The first-order valence-corrected chi connectivity index (χ1v) is 11.3. The minimum atomic E-state index is -0.400. The van der Waals surface area contributed by atoms with E-state index in [-0.39, 0.29) is 22.8 Å². The third kappa shape index (κ3) is 4.77. The molecule has 0 spiro atoms. The highest BCUT2D eigenvalue weighted by Gasteiger charge is 2.18. The topological polar surface area (TPSA) is 157 Å². The second kappa shape index (κ2) is 9.54. The van der Waals surface area contributed by atoms with Crippen LogP contribution in [0.15, 0.2) is 67.2 Å². The zero-order chi connectivity index (χ0) is 25.2. The number of furan rings is 1. The average Bonchev–Trinajstić information content (AvgIpc) is 3.51. The molecule has 3 heterocycles. The molecule has 0 aliphatic carbocycles. The van der Waals surface area contributed by atoms with Crippen LogP contribution in [-0.2, 0) is 0 Å². The van der Waals surface area contributed by atoms with Gasteiger partial charge >= 0.3 is 0 Å². The summed E-state index contributed by atoms with van der Waals surface area (Å²) in [4.78, 5) is 19.7. The van der Waals surface area contributed by atoms with Gasteiger partial charge in [0.15, 0.2) is 11.6 Å². The predicted octanol–water partition coefficient (Wildman–Crippen LogP) is 5.75. The summed E-state index contributed by atoms with van der Waals surface area (Å²) in [6.45, 7) is 3.49. The molecule has 0 amide bonds. The van der Waals surface area contributed by atoms with E-state index in [0.29, 0.717) is 28.5 Å². The summed E-state index contributed by atoms with van der Waals surface area (Å²) < 4.78 is 11.5. The highest BCUT2D eigenvalue weighted by molar-refractivity contribution is 9.10. The Morgan fingerprint density at radius 3 is 2.47 bits per heavy atom. The van der Waals surface area contributed by atoms with E-state index in [1.54, 1.807) is 26.0 Å². The second-order valence-corrected chi connectivity index (χ2v) is 8.67. The number of nitro benzene ring substituents is 1. The summed E-state index contributed by atoms with van der Waals surface area (Å²) in [5, 5.41) is 26.2. The van der Waals surface area contributed by atoms with Crippen LogP contribution in [0.4, 0.5) is 23.0 Å². The molecule has 5 aromatic rings. The van der Waals surface area contributed by atoms with Gasteiger partial charge in [0.25, 0.3) is 5.69 Å². The summed E-state index contributed by atoms with van der Waals surface area (Å²) in [6, 6.07) is 14.3. The zero-order valence-corrected chi connectivity index (χ0v) is 20.5. The number of rotatable bonds is 7. The maximum atomic E-state index is 11.4. The van der Waals surface area contributed by atoms with Crippen LogP contribution >= 0.6 is 15.9 Å². The molecular weight excluding hydrogens is 532 g/mol. The molecule has 5 rings (SSSR count). The Morgan fingerprint density at radius 2 is 1.75 bits per heavy atom. The van der Waals surface area contributed by atoms with Gasteiger partial charge in [-0.25, -0.2) is 9.61 Å². The van der Waals surface area contributed by atoms with Crippen LogP contribution in [0.2, 0.25) is 0 Å². The smallest absolute Gasteiger partial charge is 0.273 e. The van der Waals surface area contributed by atoms with Gasteiger partial charge in [0, 0.05) is 27.4 Å². The van der Waals surface area contributed by atoms with Crippen molar-refractivity contribution in [3.63, 3.8) is 0 Å². The van der Waals surface area contributed by atoms with Gasteiger partial charge in [-0.1, -0.05) is 15.9 Å². The van der Waals surface area contributed by atoms with E-state index in [1.807, 2.05) is 30.3 Å². The number of aromatic nitrogens is 4. The van der Waals surface area contributed by atoms with Crippen molar-refractivity contribution in [3.05, 3.63) is 80.0 Å². The standard InChI is InChI=1S/C23H17BrN8O4/c1-12-9-17(13(2)18(10-12)32(33)34)19-8-7-16(35-19)11-25-29-21-20(26-15-5-3-14(24)4-6-15)27-22-23(28-21)31-36-30-22/h3-11H,1-2H3,(H,26,27,30)(H,28,29,31)/b25-11+. The Morgan fingerprint density at radius 1 is 1.03 bits per heavy atom. The van der Waals surface area contributed by atoms with Gasteiger partial charge in [-0.2, -0.15) is 10.1 Å². The van der Waals surface area contributed by atoms with Crippen molar-refractivity contribution in [1.82, 2.24) is 20.3 Å². The molecule has 0 fully saturated rings. The number of nitrogens with one attached hydrogen (secondary N) is 2. The molecule has 2 N–H and O–H groups in total. The van der Waals surface area contributed by atoms with Crippen LogP contribution in [0, 0.1) is 24.0 Å². The Bertz CT molecular complexity index is 1610. The third-order valence-corrected chi connectivity index (χ3v) is 5.73. The molecule has 0 aliphatic rings. The van der Waals surface area contributed by atoms with Crippen molar-refractivity contribution in [2.75, 3.05) is 10.7 Å². The van der Waals surface area contributed by atoms with Crippen LogP contribution in [0.5, 0.6) is 0 Å². The molecule has 13 heteroatoms. The first kappa shape index (κ1) is 23.1. The molecule has 3 aromatic heterocycles. The second-order valence-electron chi connectivity index (χ2n) is 7.75. The lowest BCUT2D eigenvalue weighted by Gasteiger charge is -2.09. The van der Waals surface area contributed by atoms with E-state index in [1.165, 1.54) is 12.3 Å². The lowest BCUT2D eigenvalue weighted by molar-refractivity contribution is -0.385. The van der Waals surface area contributed by atoms with E-state index < -0.39 is 4.92 Å². The number of hydrazone groups is 1. The molecular formula is C23H17BrN8O4. The number of nitro groups is 1. The fourth-order valence-corrected chi connectivity index (χ4v) is 3.75. The van der Waals surface area contributed by atoms with Crippen molar-refractivity contribution in [2.45, 2.75) is 13.8 Å². The SMILES string of the molecule is Cc1cc(-c2ccc(/C=N/Nc3nc4nonc4nc3Nc3ccc(Br)cc3)o2)c(C)c([N+](=O)[O-])c1. The third-order valence-electron chi connectivity index (χ3n) is 5.20. The largest absolute Gasteiger partial charge is 0.455 e. The van der Waals surface area contributed by atoms with Gasteiger partial charge in [-0.15, -0.1) is 0 Å². The molecule has 0 atom stereocenters. The number of hydrogen-bond donors (Lipinski definition) is 2. The maximum Gasteiger partial charge on any atom is 0.273 e. The molecule has 0 saturated heterocycles. The van der Waals surface area contributed by atoms with Gasteiger partial charge < -0.3 is 9.73 Å². The summed E-state index contributed by atoms with van der Waals surface area (Å²) in [5.74, 6) is 1.57. The fraction of sp³-hybridized carbons (Fsp3) is 0.0870. The zero-order valence-electron chi connectivity index (χ0n) is 18.9. The van der Waals surface area contributed by atoms with Crippen LogP contribution in [-0.4, -0.2) is 31.4 Å². The van der Waals surface area contributed by atoms with Gasteiger partial charge in [0.05, 0.1) is 11.1 Å². The number of aryl methyl sites for hydroxylation is 1. The first-order valence-electron chi connectivity index (χ1n) is 10.6. The summed E-state index contributed by atoms with van der Waals surface area (Å²) in [6.07, 6.45) is 1.46. The van der Waals surface area contributed by atoms with Gasteiger partial charge in [-0.05, 0) is 72.2 Å². The van der Waals surface area contributed by atoms with Crippen molar-refractivity contribution in [1.29, 1.82) is 0 Å². The van der Waals surface area contributed by atoms with Crippen LogP contribution in [0.3, 0.4) is 0 Å². The van der Waals surface area contributed by atoms with Gasteiger partial charge in [0.2, 0.25) is 11.3 Å². The normalized spacial score (nSPS) is 11.3. The number of hydrogen-bond acceptors (Lipinski definition) is 11. The van der Waals surface area contributed by atoms with Crippen molar-refractivity contribution in [3.8, 4) is 11.3 Å². The van der Waals surface area contributed by atoms with Crippen molar-refractivity contribution < 1.29 is 14.0 Å². The Hall–Kier alpha value is -4.65. The number of nitrogens with zero attached hydrogens (tertiary/aromatic N) is 6. The molecule has 36 heavy (non-hydrogen) atoms. The molecule has 0 bridgehead atoms. The highest BCUT2D eigenvalue weighted by Crippen LogP contribution is 2.32. The van der Waals surface area contributed by atoms with E-state index >= 15 is 0 Å². The van der Waals surface area contributed by atoms with E-state index in [2.05, 4.69) is 52.1 Å². The molecule has 0 aliphatic heterocycles. The Balaban J connectivity index is 1.39. The van der Waals surface area contributed by atoms with Gasteiger partial charge in [-0.3, -0.25) is 15.5 Å². The molecule has 0 unspecified atom stereocenters. The predicted molar refractivity (Wildman–Crippen MR) is 136 cm³/mol.